The van der Waals surface area contributed by atoms with E-state index in [4.69, 9.17) is 17.3 Å². The first-order valence-corrected chi connectivity index (χ1v) is 7.95. The van der Waals surface area contributed by atoms with E-state index in [0.29, 0.717) is 0 Å². The van der Waals surface area contributed by atoms with Crippen molar-refractivity contribution in [3.05, 3.63) is 0 Å². The summed E-state index contributed by atoms with van der Waals surface area (Å²) < 4.78 is 0. The summed E-state index contributed by atoms with van der Waals surface area (Å²) in [5.41, 5.74) is 5.69. The number of halogens is 1. The van der Waals surface area contributed by atoms with Gasteiger partial charge in [-0.15, -0.1) is 11.6 Å². The molecule has 0 unspecified atom stereocenters. The molecule has 0 aliphatic heterocycles. The monoisotopic (exact) mass is 261 g/mol. The maximum Gasteiger partial charge on any atom is 0.0458 e. The van der Waals surface area contributed by atoms with Crippen molar-refractivity contribution >= 4 is 11.6 Å². The fourth-order valence-electron chi connectivity index (χ4n) is 2.37. The van der Waals surface area contributed by atoms with Gasteiger partial charge >= 0.3 is 0 Å². The van der Waals surface area contributed by atoms with Crippen LogP contribution in [0.5, 0.6) is 0 Å². The highest BCUT2D eigenvalue weighted by Gasteiger charge is 2.24. The Labute approximate surface area is 113 Å². The molecule has 1 nitrogen and oxygen atoms in total. The second kappa shape index (κ2) is 11.3. The minimum absolute atomic E-state index is 0.00374. The molecular formula is C15H32ClN. The molecule has 0 spiro atoms. The zero-order valence-electron chi connectivity index (χ0n) is 11.9. The third kappa shape index (κ3) is 9.91. The first kappa shape index (κ1) is 17.2. The molecule has 0 bridgehead atoms. The molecule has 0 saturated carbocycles. The van der Waals surface area contributed by atoms with Gasteiger partial charge in [-0.3, -0.25) is 0 Å². The summed E-state index contributed by atoms with van der Waals surface area (Å²) in [6.45, 7) is 5.22. The predicted molar refractivity (Wildman–Crippen MR) is 79.8 cm³/mol. The number of unbranched alkanes of at least 4 members (excludes halogenated alkanes) is 6. The summed E-state index contributed by atoms with van der Waals surface area (Å²) >= 11 is 6.72. The highest BCUT2D eigenvalue weighted by molar-refractivity contribution is 6.23. The van der Waals surface area contributed by atoms with Crippen molar-refractivity contribution in [3.63, 3.8) is 0 Å². The van der Waals surface area contributed by atoms with Crippen LogP contribution in [0.1, 0.15) is 84.5 Å². The smallest absolute Gasteiger partial charge is 0.0458 e. The first-order valence-electron chi connectivity index (χ1n) is 7.57. The Balaban J connectivity index is 3.80. The zero-order chi connectivity index (χ0) is 13.0. The molecule has 0 aromatic rings. The largest absolute Gasteiger partial charge is 0.330 e. The van der Waals surface area contributed by atoms with Crippen LogP contribution >= 0.6 is 11.6 Å². The summed E-state index contributed by atoms with van der Waals surface area (Å²) in [7, 11) is 0. The Hall–Kier alpha value is 0.250. The molecule has 0 heterocycles. The van der Waals surface area contributed by atoms with Gasteiger partial charge in [0.25, 0.3) is 0 Å². The molecule has 104 valence electrons. The number of alkyl halides is 1. The van der Waals surface area contributed by atoms with E-state index >= 15 is 0 Å². The summed E-state index contributed by atoms with van der Waals surface area (Å²) in [6.07, 6.45) is 13.7. The van der Waals surface area contributed by atoms with Crippen LogP contribution in [0, 0.1) is 0 Å². The molecule has 0 atom stereocenters. The molecule has 0 aromatic heterocycles. The van der Waals surface area contributed by atoms with Crippen molar-refractivity contribution in [2.75, 3.05) is 6.54 Å². The second-order valence-electron chi connectivity index (χ2n) is 5.31. The maximum absolute atomic E-state index is 6.72. The van der Waals surface area contributed by atoms with Crippen molar-refractivity contribution in [1.82, 2.24) is 0 Å². The maximum atomic E-state index is 6.72. The fraction of sp³-hybridized carbons (Fsp3) is 1.00. The molecule has 0 rings (SSSR count). The zero-order valence-corrected chi connectivity index (χ0v) is 12.7. The molecule has 0 fully saturated rings. The fourth-order valence-corrected chi connectivity index (χ4v) is 2.75. The number of hydrogen-bond donors (Lipinski definition) is 1. The van der Waals surface area contributed by atoms with Gasteiger partial charge in [0.15, 0.2) is 0 Å². The van der Waals surface area contributed by atoms with Crippen molar-refractivity contribution in [3.8, 4) is 0 Å². The van der Waals surface area contributed by atoms with Crippen LogP contribution in [0.25, 0.3) is 0 Å². The van der Waals surface area contributed by atoms with E-state index < -0.39 is 0 Å². The van der Waals surface area contributed by atoms with Gasteiger partial charge in [0.05, 0.1) is 0 Å². The van der Waals surface area contributed by atoms with Crippen LogP contribution in [0.15, 0.2) is 0 Å². The minimum Gasteiger partial charge on any atom is -0.330 e. The van der Waals surface area contributed by atoms with E-state index in [2.05, 4.69) is 13.8 Å². The Kier molecular flexibility index (Phi) is 11.5. The molecule has 0 aromatic carbocycles. The average Bonchev–Trinajstić information content (AvgIpc) is 2.31. The molecule has 0 saturated heterocycles. The Morgan fingerprint density at radius 3 is 1.59 bits per heavy atom. The van der Waals surface area contributed by atoms with Crippen LogP contribution in [0.4, 0.5) is 0 Å². The first-order chi connectivity index (χ1) is 8.18. The van der Waals surface area contributed by atoms with E-state index in [-0.39, 0.29) is 4.87 Å². The van der Waals surface area contributed by atoms with E-state index in [9.17, 15) is 0 Å². The number of rotatable bonds is 12. The molecule has 2 heteroatoms. The van der Waals surface area contributed by atoms with Crippen LogP contribution < -0.4 is 5.73 Å². The molecule has 0 aliphatic rings. The quantitative estimate of drug-likeness (QED) is 0.377. The van der Waals surface area contributed by atoms with Crippen molar-refractivity contribution in [1.29, 1.82) is 0 Å². The van der Waals surface area contributed by atoms with Crippen LogP contribution in [-0.4, -0.2) is 11.4 Å². The van der Waals surface area contributed by atoms with Gasteiger partial charge < -0.3 is 5.73 Å². The minimum atomic E-state index is -0.00374. The van der Waals surface area contributed by atoms with Crippen molar-refractivity contribution in [2.45, 2.75) is 89.4 Å². The highest BCUT2D eigenvalue weighted by Crippen LogP contribution is 2.32. The molecule has 2 N–H and O–H groups in total. The van der Waals surface area contributed by atoms with Crippen molar-refractivity contribution in [2.24, 2.45) is 5.73 Å². The van der Waals surface area contributed by atoms with Gasteiger partial charge in [0, 0.05) is 4.87 Å². The summed E-state index contributed by atoms with van der Waals surface area (Å²) in [5.74, 6) is 0. The van der Waals surface area contributed by atoms with Gasteiger partial charge in [-0.05, 0) is 25.8 Å². The lowest BCUT2D eigenvalue weighted by atomic mass is 9.91. The van der Waals surface area contributed by atoms with Crippen LogP contribution in [-0.2, 0) is 0 Å². The van der Waals surface area contributed by atoms with Gasteiger partial charge in [-0.25, -0.2) is 0 Å². The third-order valence-corrected chi connectivity index (χ3v) is 4.12. The second-order valence-corrected chi connectivity index (χ2v) is 6.11. The summed E-state index contributed by atoms with van der Waals surface area (Å²) in [5, 5.41) is 0. The van der Waals surface area contributed by atoms with Crippen LogP contribution in [0.2, 0.25) is 0 Å². The molecule has 17 heavy (non-hydrogen) atoms. The van der Waals surface area contributed by atoms with Gasteiger partial charge in [-0.2, -0.15) is 0 Å². The van der Waals surface area contributed by atoms with Gasteiger partial charge in [0.1, 0.15) is 0 Å². The number of hydrogen-bond acceptors (Lipinski definition) is 1. The lowest BCUT2D eigenvalue weighted by Gasteiger charge is -2.26. The normalized spacial score (nSPS) is 12.0. The summed E-state index contributed by atoms with van der Waals surface area (Å²) in [6, 6.07) is 0. The summed E-state index contributed by atoms with van der Waals surface area (Å²) in [4.78, 5) is -0.00374. The Morgan fingerprint density at radius 1 is 0.765 bits per heavy atom. The molecular weight excluding hydrogens is 230 g/mol. The van der Waals surface area contributed by atoms with E-state index in [1.807, 2.05) is 0 Å². The Morgan fingerprint density at radius 2 is 1.24 bits per heavy atom. The van der Waals surface area contributed by atoms with E-state index in [0.717, 1.165) is 25.8 Å². The van der Waals surface area contributed by atoms with Crippen LogP contribution in [0.3, 0.4) is 0 Å². The van der Waals surface area contributed by atoms with Crippen molar-refractivity contribution < 1.29 is 0 Å². The predicted octanol–water partition coefficient (Wildman–Crippen LogP) is 5.25. The SMILES string of the molecule is CCCCCCC(Cl)(CCN)CCCCCC. The highest BCUT2D eigenvalue weighted by atomic mass is 35.5. The van der Waals surface area contributed by atoms with E-state index in [1.54, 1.807) is 0 Å². The topological polar surface area (TPSA) is 26.0 Å². The molecule has 0 radical (unpaired) electrons. The van der Waals surface area contributed by atoms with E-state index in [1.165, 1.54) is 51.4 Å². The van der Waals surface area contributed by atoms with Gasteiger partial charge in [0.2, 0.25) is 0 Å². The Bertz CT molecular complexity index is 147. The lowest BCUT2D eigenvalue weighted by molar-refractivity contribution is 0.419. The average molecular weight is 262 g/mol. The lowest BCUT2D eigenvalue weighted by Crippen LogP contribution is -2.25. The number of nitrogens with two attached hydrogens (primary N) is 1. The third-order valence-electron chi connectivity index (χ3n) is 3.55. The van der Waals surface area contributed by atoms with Gasteiger partial charge in [-0.1, -0.05) is 65.2 Å². The molecule has 0 aliphatic carbocycles. The molecule has 0 amide bonds. The standard InChI is InChI=1S/C15H32ClN/c1-3-5-7-9-11-15(16,13-14-17)12-10-8-6-4-2/h3-14,17H2,1-2H3.